The molecule has 2 aliphatic heterocycles. The molecule has 2 aromatic carbocycles. The molecule has 4 atom stereocenters. The van der Waals surface area contributed by atoms with Gasteiger partial charge in [0.1, 0.15) is 5.54 Å². The van der Waals surface area contributed by atoms with E-state index in [1.807, 2.05) is 37.3 Å². The van der Waals surface area contributed by atoms with E-state index in [0.717, 1.165) is 16.0 Å². The second-order valence-electron chi connectivity index (χ2n) is 8.65. The molecule has 6 nitrogen and oxygen atoms in total. The lowest BCUT2D eigenvalue weighted by Crippen LogP contribution is -2.57. The average molecular weight is 515 g/mol. The normalized spacial score (nSPS) is 26.2. The molecule has 3 aromatic rings. The summed E-state index contributed by atoms with van der Waals surface area (Å²) in [5.41, 5.74) is 0.213. The van der Waals surface area contributed by atoms with Crippen molar-refractivity contribution in [3.8, 4) is 0 Å². The lowest BCUT2D eigenvalue weighted by molar-refractivity contribution is -0.148. The molecule has 1 aromatic heterocycles. The van der Waals surface area contributed by atoms with Crippen molar-refractivity contribution in [1.29, 1.82) is 0 Å². The maximum Gasteiger partial charge on any atom is 0.325 e. The lowest BCUT2D eigenvalue weighted by Gasteiger charge is -2.31. The molecule has 0 saturated carbocycles. The Kier molecular flexibility index (Phi) is 5.76. The van der Waals surface area contributed by atoms with Crippen LogP contribution in [0.2, 0.25) is 9.36 Å². The van der Waals surface area contributed by atoms with E-state index in [0.29, 0.717) is 19.9 Å². The fourth-order valence-corrected chi connectivity index (χ4v) is 6.41. The number of carboxylic acid groups (broad SMARTS) is 1. The van der Waals surface area contributed by atoms with E-state index in [9.17, 15) is 19.5 Å². The van der Waals surface area contributed by atoms with Gasteiger partial charge in [0.05, 0.1) is 27.9 Å². The van der Waals surface area contributed by atoms with Crippen molar-refractivity contribution < 1.29 is 19.5 Å². The van der Waals surface area contributed by atoms with Crippen LogP contribution in [0.5, 0.6) is 0 Å². The largest absolute Gasteiger partial charge is 0.480 e. The van der Waals surface area contributed by atoms with E-state index in [-0.39, 0.29) is 6.42 Å². The maximum atomic E-state index is 13.8. The molecule has 2 fully saturated rings. The summed E-state index contributed by atoms with van der Waals surface area (Å²) in [6, 6.07) is 16.8. The Balaban J connectivity index is 1.66. The number of anilines is 1. The van der Waals surface area contributed by atoms with Crippen molar-refractivity contribution in [2.45, 2.75) is 24.9 Å². The van der Waals surface area contributed by atoms with E-state index in [4.69, 9.17) is 23.2 Å². The van der Waals surface area contributed by atoms with E-state index in [1.165, 1.54) is 11.3 Å². The van der Waals surface area contributed by atoms with Gasteiger partial charge in [-0.1, -0.05) is 59.6 Å². The van der Waals surface area contributed by atoms with Gasteiger partial charge in [-0.15, -0.1) is 11.3 Å². The van der Waals surface area contributed by atoms with Crippen LogP contribution in [0, 0.1) is 18.8 Å². The van der Waals surface area contributed by atoms with Gasteiger partial charge in [0.15, 0.2) is 0 Å². The van der Waals surface area contributed by atoms with Crippen LogP contribution in [-0.4, -0.2) is 28.4 Å². The summed E-state index contributed by atoms with van der Waals surface area (Å²) in [6.45, 7) is 1.82. The summed E-state index contributed by atoms with van der Waals surface area (Å²) in [7, 11) is 0. The van der Waals surface area contributed by atoms with Crippen molar-refractivity contribution in [1.82, 2.24) is 5.32 Å². The predicted molar refractivity (Wildman–Crippen MR) is 131 cm³/mol. The van der Waals surface area contributed by atoms with Crippen LogP contribution >= 0.6 is 34.5 Å². The van der Waals surface area contributed by atoms with Crippen LogP contribution in [0.3, 0.4) is 0 Å². The molecule has 3 heterocycles. The van der Waals surface area contributed by atoms with Gasteiger partial charge in [-0.3, -0.25) is 19.7 Å². The molecular formula is C25H20Cl2N2O4S. The van der Waals surface area contributed by atoms with Gasteiger partial charge < -0.3 is 5.11 Å². The van der Waals surface area contributed by atoms with E-state index in [2.05, 4.69) is 5.32 Å². The zero-order valence-electron chi connectivity index (χ0n) is 18.0. The number of carboxylic acids is 1. The van der Waals surface area contributed by atoms with Crippen molar-refractivity contribution in [3.63, 3.8) is 0 Å². The third-order valence-electron chi connectivity index (χ3n) is 6.68. The van der Waals surface area contributed by atoms with Crippen molar-refractivity contribution >= 4 is 58.0 Å². The quantitative estimate of drug-likeness (QED) is 0.473. The zero-order chi connectivity index (χ0) is 24.2. The topological polar surface area (TPSA) is 86.7 Å². The number of hydrogen-bond donors (Lipinski definition) is 2. The number of benzene rings is 2. The van der Waals surface area contributed by atoms with Gasteiger partial charge in [0.25, 0.3) is 0 Å². The highest BCUT2D eigenvalue weighted by molar-refractivity contribution is 7.16. The molecule has 0 radical (unpaired) electrons. The monoisotopic (exact) mass is 514 g/mol. The summed E-state index contributed by atoms with van der Waals surface area (Å²) >= 11 is 13.7. The minimum Gasteiger partial charge on any atom is -0.480 e. The van der Waals surface area contributed by atoms with Crippen LogP contribution in [0.15, 0.2) is 60.7 Å². The van der Waals surface area contributed by atoms with Crippen LogP contribution < -0.4 is 10.2 Å². The number of nitrogens with one attached hydrogen (secondary N) is 1. The van der Waals surface area contributed by atoms with Crippen molar-refractivity contribution in [2.24, 2.45) is 11.8 Å². The lowest BCUT2D eigenvalue weighted by atomic mass is 9.76. The van der Waals surface area contributed by atoms with Crippen LogP contribution in [-0.2, 0) is 20.8 Å². The highest BCUT2D eigenvalue weighted by Crippen LogP contribution is 2.52. The molecule has 0 spiro atoms. The van der Waals surface area contributed by atoms with E-state index >= 15 is 0 Å². The van der Waals surface area contributed by atoms with Gasteiger partial charge >= 0.3 is 5.97 Å². The molecule has 2 N–H and O–H groups in total. The molecule has 0 bridgehead atoms. The molecule has 34 heavy (non-hydrogen) atoms. The number of carbonyl (C=O) groups excluding carboxylic acids is 2. The smallest absolute Gasteiger partial charge is 0.325 e. The zero-order valence-corrected chi connectivity index (χ0v) is 20.3. The molecule has 9 heteroatoms. The number of rotatable bonds is 5. The summed E-state index contributed by atoms with van der Waals surface area (Å²) in [5, 5.41) is 14.1. The Morgan fingerprint density at radius 2 is 1.82 bits per heavy atom. The Bertz CT molecular complexity index is 1310. The molecule has 174 valence electrons. The molecule has 4 unspecified atom stereocenters. The summed E-state index contributed by atoms with van der Waals surface area (Å²) in [4.78, 5) is 42.2. The van der Waals surface area contributed by atoms with Gasteiger partial charge in [-0.05, 0) is 42.3 Å². The fraction of sp³-hybridized carbons (Fsp3) is 0.240. The third kappa shape index (κ3) is 3.55. The minimum absolute atomic E-state index is 0.0431. The van der Waals surface area contributed by atoms with Gasteiger partial charge in [0, 0.05) is 16.3 Å². The first-order chi connectivity index (χ1) is 16.2. The Morgan fingerprint density at radius 1 is 1.09 bits per heavy atom. The summed E-state index contributed by atoms with van der Waals surface area (Å²) < 4.78 is 0.517. The van der Waals surface area contributed by atoms with Crippen molar-refractivity contribution in [2.75, 3.05) is 4.90 Å². The van der Waals surface area contributed by atoms with Crippen LogP contribution in [0.1, 0.15) is 22.0 Å². The van der Waals surface area contributed by atoms with Crippen LogP contribution in [0.25, 0.3) is 0 Å². The third-order valence-corrected chi connectivity index (χ3v) is 8.40. The van der Waals surface area contributed by atoms with Crippen LogP contribution in [0.4, 0.5) is 5.69 Å². The first-order valence-electron chi connectivity index (χ1n) is 10.7. The first kappa shape index (κ1) is 23.1. The fourth-order valence-electron chi connectivity index (χ4n) is 5.07. The molecule has 2 saturated heterocycles. The number of fused-ring (bicyclic) bond motifs is 1. The number of imide groups is 1. The Morgan fingerprint density at radius 3 is 2.44 bits per heavy atom. The first-order valence-corrected chi connectivity index (χ1v) is 12.2. The second kappa shape index (κ2) is 8.50. The Hall–Kier alpha value is -2.71. The number of aryl methyl sites for hydroxylation is 1. The molecule has 2 amide bonds. The molecular weight excluding hydrogens is 495 g/mol. The molecule has 5 rings (SSSR count). The SMILES string of the molecule is Cc1ccc(N2C(=O)C3C(c4ccc(Cl)s4)NC(Cc4ccccc4)(C(=O)O)C3C2=O)cc1Cl. The highest BCUT2D eigenvalue weighted by atomic mass is 35.5. The van der Waals surface area contributed by atoms with Crippen molar-refractivity contribution in [3.05, 3.63) is 86.0 Å². The highest BCUT2D eigenvalue weighted by Gasteiger charge is 2.68. The number of thiophene rings is 1. The maximum absolute atomic E-state index is 13.8. The van der Waals surface area contributed by atoms with Gasteiger partial charge in [0.2, 0.25) is 11.8 Å². The average Bonchev–Trinajstić information content (AvgIpc) is 3.45. The summed E-state index contributed by atoms with van der Waals surface area (Å²) in [5.74, 6) is -4.19. The van der Waals surface area contributed by atoms with E-state index < -0.39 is 41.2 Å². The standard InChI is InChI=1S/C25H20Cl2N2O4S/c1-13-7-8-15(11-16(13)26)29-22(30)19-20(23(29)31)25(24(32)33,12-14-5-3-2-4-6-14)28-21(19)17-9-10-18(27)34-17/h2-11,19-21,28H,12H2,1H3,(H,32,33). The number of amides is 2. The molecule has 2 aliphatic rings. The minimum atomic E-state index is -1.68. The van der Waals surface area contributed by atoms with E-state index in [1.54, 1.807) is 30.3 Å². The number of nitrogens with zero attached hydrogens (tertiary/aromatic N) is 1. The number of carbonyl (C=O) groups is 3. The predicted octanol–water partition coefficient (Wildman–Crippen LogP) is 4.88. The Labute approximate surface area is 210 Å². The second-order valence-corrected chi connectivity index (χ2v) is 10.8. The summed E-state index contributed by atoms with van der Waals surface area (Å²) in [6.07, 6.45) is 0.0431. The van der Waals surface area contributed by atoms with Gasteiger partial charge in [-0.25, -0.2) is 4.90 Å². The van der Waals surface area contributed by atoms with Gasteiger partial charge in [-0.2, -0.15) is 0 Å². The molecule has 0 aliphatic carbocycles. The number of aliphatic carboxylic acids is 1. The number of halogens is 2. The number of hydrogen-bond acceptors (Lipinski definition) is 5.